The van der Waals surface area contributed by atoms with E-state index >= 15 is 0 Å². The lowest BCUT2D eigenvalue weighted by atomic mass is 10.0. The van der Waals surface area contributed by atoms with E-state index in [2.05, 4.69) is 0 Å². The third kappa shape index (κ3) is 7.30. The normalized spacial score (nSPS) is 15.0. The molecule has 1 heterocycles. The molecule has 186 valence electrons. The Morgan fingerprint density at radius 1 is 0.706 bits per heavy atom. The number of hydrogen-bond donors (Lipinski definition) is 5. The summed E-state index contributed by atoms with van der Waals surface area (Å²) in [5.41, 5.74) is 0.986. The second-order valence-electron chi connectivity index (χ2n) is 8.76. The second-order valence-corrected chi connectivity index (χ2v) is 8.76. The molecule has 5 N–H and O–H groups in total. The van der Waals surface area contributed by atoms with Gasteiger partial charge >= 0.3 is 0 Å². The first-order valence-electron chi connectivity index (χ1n) is 12.2. The number of aromatic hydroxyl groups is 4. The first-order valence-corrected chi connectivity index (χ1v) is 12.2. The summed E-state index contributed by atoms with van der Waals surface area (Å²) in [4.78, 5) is 0. The Hall–Kier alpha value is -2.90. The van der Waals surface area contributed by atoms with Crippen LogP contribution in [0.3, 0.4) is 0 Å². The van der Waals surface area contributed by atoms with Gasteiger partial charge in [-0.25, -0.2) is 0 Å². The van der Waals surface area contributed by atoms with Crippen LogP contribution in [0, 0.1) is 0 Å². The molecule has 0 radical (unpaired) electrons. The van der Waals surface area contributed by atoms with E-state index < -0.39 is 6.10 Å². The van der Waals surface area contributed by atoms with Gasteiger partial charge in [0.2, 0.25) is 0 Å². The van der Waals surface area contributed by atoms with Gasteiger partial charge in [0.1, 0.15) is 29.1 Å². The highest BCUT2D eigenvalue weighted by Crippen LogP contribution is 2.45. The molecule has 7 heteroatoms. The fourth-order valence-electron chi connectivity index (χ4n) is 4.14. The van der Waals surface area contributed by atoms with Crippen molar-refractivity contribution >= 4 is 5.76 Å². The Morgan fingerprint density at radius 2 is 1.35 bits per heavy atom. The van der Waals surface area contributed by atoms with E-state index in [9.17, 15) is 20.4 Å². The van der Waals surface area contributed by atoms with E-state index in [-0.39, 0.29) is 28.7 Å². The lowest BCUT2D eigenvalue weighted by Crippen LogP contribution is -2.13. The van der Waals surface area contributed by atoms with Crippen molar-refractivity contribution in [2.45, 2.75) is 70.3 Å². The minimum absolute atomic E-state index is 0.108. The number of fused-ring (bicyclic) bond motifs is 1. The lowest BCUT2D eigenvalue weighted by Gasteiger charge is -2.26. The van der Waals surface area contributed by atoms with E-state index in [1.54, 1.807) is 12.1 Å². The second kappa shape index (κ2) is 13.1. The zero-order valence-corrected chi connectivity index (χ0v) is 19.6. The van der Waals surface area contributed by atoms with Gasteiger partial charge in [-0.2, -0.15) is 0 Å². The van der Waals surface area contributed by atoms with E-state index in [0.717, 1.165) is 32.1 Å². The Labute approximate surface area is 200 Å². The summed E-state index contributed by atoms with van der Waals surface area (Å²) in [6.45, 7) is 0.803. The van der Waals surface area contributed by atoms with Gasteiger partial charge in [-0.15, -0.1) is 0 Å². The maximum Gasteiger partial charge on any atom is 0.158 e. The number of aliphatic hydroxyl groups is 1. The van der Waals surface area contributed by atoms with Crippen LogP contribution in [0.25, 0.3) is 5.76 Å². The standard InChI is InChI=1S/C27H36O7/c28-13-9-7-5-3-1-2-4-6-8-10-14-33-25-18-24(19-11-12-21(30)22(31)15-19)34-26-17-20(29)16-23(32)27(25)26/h11-12,15-18,25,28-32H,1-10,13-14H2. The number of phenols is 4. The number of hydrogen-bond acceptors (Lipinski definition) is 7. The Morgan fingerprint density at radius 3 is 2.00 bits per heavy atom. The fourth-order valence-corrected chi connectivity index (χ4v) is 4.14. The molecule has 0 aliphatic carbocycles. The fraction of sp³-hybridized carbons (Fsp3) is 0.481. The van der Waals surface area contributed by atoms with E-state index in [1.807, 2.05) is 0 Å². The average Bonchev–Trinajstić information content (AvgIpc) is 2.80. The highest BCUT2D eigenvalue weighted by atomic mass is 16.5. The van der Waals surface area contributed by atoms with Gasteiger partial charge in [-0.3, -0.25) is 0 Å². The number of aliphatic hydroxyl groups excluding tert-OH is 1. The predicted molar refractivity (Wildman–Crippen MR) is 130 cm³/mol. The van der Waals surface area contributed by atoms with Crippen molar-refractivity contribution in [1.29, 1.82) is 0 Å². The molecule has 0 saturated heterocycles. The molecule has 0 spiro atoms. The van der Waals surface area contributed by atoms with Crippen molar-refractivity contribution in [1.82, 2.24) is 0 Å². The monoisotopic (exact) mass is 472 g/mol. The smallest absolute Gasteiger partial charge is 0.158 e. The summed E-state index contributed by atoms with van der Waals surface area (Å²) < 4.78 is 12.0. The molecular formula is C27H36O7. The molecule has 1 aliphatic heterocycles. The summed E-state index contributed by atoms with van der Waals surface area (Å²) in [7, 11) is 0. The van der Waals surface area contributed by atoms with Gasteiger partial charge in [-0.05, 0) is 37.1 Å². The van der Waals surface area contributed by atoms with Gasteiger partial charge < -0.3 is 35.0 Å². The van der Waals surface area contributed by atoms with Crippen LogP contribution in [0.5, 0.6) is 28.7 Å². The summed E-state index contributed by atoms with van der Waals surface area (Å²) in [5.74, 6) is -0.0519. The molecule has 34 heavy (non-hydrogen) atoms. The van der Waals surface area contributed by atoms with Gasteiger partial charge in [-0.1, -0.05) is 51.4 Å². The quantitative estimate of drug-likeness (QED) is 0.172. The van der Waals surface area contributed by atoms with Gasteiger partial charge in [0.15, 0.2) is 11.5 Å². The summed E-state index contributed by atoms with van der Waals surface area (Å²) in [6, 6.07) is 7.04. The maximum absolute atomic E-state index is 10.4. The minimum Gasteiger partial charge on any atom is -0.508 e. The zero-order chi connectivity index (χ0) is 24.3. The van der Waals surface area contributed by atoms with Crippen molar-refractivity contribution in [3.05, 3.63) is 47.5 Å². The summed E-state index contributed by atoms with van der Waals surface area (Å²) in [6.07, 6.45) is 12.4. The van der Waals surface area contributed by atoms with Crippen LogP contribution in [0.4, 0.5) is 0 Å². The van der Waals surface area contributed by atoms with Crippen molar-refractivity contribution in [3.8, 4) is 28.7 Å². The van der Waals surface area contributed by atoms with E-state index in [4.69, 9.17) is 14.6 Å². The molecule has 0 fully saturated rings. The number of benzene rings is 2. The van der Waals surface area contributed by atoms with Crippen molar-refractivity contribution in [2.24, 2.45) is 0 Å². The zero-order valence-electron chi connectivity index (χ0n) is 19.6. The molecule has 2 aromatic carbocycles. The molecule has 2 aromatic rings. The molecule has 0 aromatic heterocycles. The minimum atomic E-state index is -0.575. The van der Waals surface area contributed by atoms with Gasteiger partial charge in [0, 0.05) is 30.9 Å². The van der Waals surface area contributed by atoms with Gasteiger partial charge in [0.05, 0.1) is 5.56 Å². The number of rotatable bonds is 14. The van der Waals surface area contributed by atoms with Crippen molar-refractivity contribution in [3.63, 3.8) is 0 Å². The molecule has 1 atom stereocenters. The van der Waals surface area contributed by atoms with E-state index in [0.29, 0.717) is 30.1 Å². The molecule has 7 nitrogen and oxygen atoms in total. The SMILES string of the molecule is OCCCCCCCCCCCCOC1C=C(c2ccc(O)c(O)c2)Oc2cc(O)cc(O)c21. The Bertz CT molecular complexity index is 954. The predicted octanol–water partition coefficient (Wildman–Crippen LogP) is 5.89. The third-order valence-corrected chi connectivity index (χ3v) is 6.02. The Kier molecular flexibility index (Phi) is 9.91. The number of ether oxygens (including phenoxy) is 2. The highest BCUT2D eigenvalue weighted by molar-refractivity contribution is 5.70. The first kappa shape index (κ1) is 25.7. The summed E-state index contributed by atoms with van der Waals surface area (Å²) >= 11 is 0. The molecule has 0 saturated carbocycles. The van der Waals surface area contributed by atoms with Gasteiger partial charge in [0.25, 0.3) is 0 Å². The van der Waals surface area contributed by atoms with Crippen molar-refractivity contribution < 1.29 is 35.0 Å². The summed E-state index contributed by atoms with van der Waals surface area (Å²) in [5, 5.41) is 48.5. The first-order chi connectivity index (χ1) is 16.5. The molecule has 1 aliphatic rings. The molecular weight excluding hydrogens is 436 g/mol. The van der Waals surface area contributed by atoms with Crippen molar-refractivity contribution in [2.75, 3.05) is 13.2 Å². The molecule has 0 amide bonds. The molecule has 1 unspecified atom stereocenters. The lowest BCUT2D eigenvalue weighted by molar-refractivity contribution is 0.0756. The number of unbranched alkanes of at least 4 members (excludes halogenated alkanes) is 9. The Balaban J connectivity index is 1.52. The highest BCUT2D eigenvalue weighted by Gasteiger charge is 2.27. The molecule has 0 bridgehead atoms. The maximum atomic E-state index is 10.4. The van der Waals surface area contributed by atoms with Crippen LogP contribution < -0.4 is 4.74 Å². The topological polar surface area (TPSA) is 120 Å². The molecule has 3 rings (SSSR count). The van der Waals surface area contributed by atoms with Crippen LogP contribution in [0.15, 0.2) is 36.4 Å². The van der Waals surface area contributed by atoms with Crippen LogP contribution in [0.1, 0.15) is 81.4 Å². The van der Waals surface area contributed by atoms with Crippen LogP contribution in [-0.2, 0) is 4.74 Å². The van der Waals surface area contributed by atoms with E-state index in [1.165, 1.54) is 56.4 Å². The van der Waals surface area contributed by atoms with Crippen LogP contribution in [0.2, 0.25) is 0 Å². The third-order valence-electron chi connectivity index (χ3n) is 6.02. The largest absolute Gasteiger partial charge is 0.508 e. The van der Waals surface area contributed by atoms with Crippen LogP contribution >= 0.6 is 0 Å². The average molecular weight is 473 g/mol. The van der Waals surface area contributed by atoms with Crippen LogP contribution in [-0.4, -0.2) is 38.7 Å². The number of phenolic OH excluding ortho intramolecular Hbond substituents is 4.